The molecule has 0 saturated heterocycles. The van der Waals surface area contributed by atoms with E-state index in [1.165, 1.54) is 6.21 Å². The predicted molar refractivity (Wildman–Crippen MR) is 124 cm³/mol. The van der Waals surface area contributed by atoms with Crippen LogP contribution in [0.1, 0.15) is 21.5 Å². The predicted octanol–water partition coefficient (Wildman–Crippen LogP) is 4.10. The number of rotatable bonds is 5. The zero-order valence-electron chi connectivity index (χ0n) is 16.6. The van der Waals surface area contributed by atoms with Crippen molar-refractivity contribution in [3.63, 3.8) is 0 Å². The first kappa shape index (κ1) is 21.9. The largest absolute Gasteiger partial charge is 0.329 e. The Balaban J connectivity index is 1.63. The molecule has 31 heavy (non-hydrogen) atoms. The molecule has 3 aromatic carbocycles. The van der Waals surface area contributed by atoms with Crippen molar-refractivity contribution in [2.24, 2.45) is 5.10 Å². The Bertz CT molecular complexity index is 1140. The molecule has 0 saturated carbocycles. The molecular weight excluding hydrogens is 460 g/mol. The van der Waals surface area contributed by atoms with Crippen LogP contribution < -0.4 is 16.1 Å². The fourth-order valence-corrected chi connectivity index (χ4v) is 3.02. The molecule has 3 aromatic rings. The van der Waals surface area contributed by atoms with Crippen LogP contribution in [0, 0.1) is 6.92 Å². The molecule has 0 unspecified atom stereocenters. The SMILES string of the molecule is Cc1ccc(NC(=O)c2ccccc2NC(=O)C(=O)N/N=C\c2cccc(Br)c2)cc1. The lowest BCUT2D eigenvalue weighted by Gasteiger charge is -2.11. The minimum absolute atomic E-state index is 0.211. The fourth-order valence-electron chi connectivity index (χ4n) is 2.61. The number of hydrogen-bond donors (Lipinski definition) is 3. The summed E-state index contributed by atoms with van der Waals surface area (Å²) in [6, 6.07) is 21.0. The number of nitrogens with one attached hydrogen (secondary N) is 3. The minimum Gasteiger partial charge on any atom is -0.322 e. The molecule has 0 radical (unpaired) electrons. The Hall–Kier alpha value is -3.78. The quantitative estimate of drug-likeness (QED) is 0.292. The highest BCUT2D eigenvalue weighted by Gasteiger charge is 2.17. The van der Waals surface area contributed by atoms with E-state index in [2.05, 4.69) is 37.1 Å². The van der Waals surface area contributed by atoms with Gasteiger partial charge in [0.15, 0.2) is 0 Å². The van der Waals surface area contributed by atoms with Gasteiger partial charge in [0.1, 0.15) is 0 Å². The summed E-state index contributed by atoms with van der Waals surface area (Å²) in [6.07, 6.45) is 1.42. The van der Waals surface area contributed by atoms with Crippen LogP contribution in [0.4, 0.5) is 11.4 Å². The summed E-state index contributed by atoms with van der Waals surface area (Å²) in [5, 5.41) is 9.00. The van der Waals surface area contributed by atoms with Crippen molar-refractivity contribution in [3.8, 4) is 0 Å². The zero-order valence-corrected chi connectivity index (χ0v) is 18.1. The zero-order chi connectivity index (χ0) is 22.2. The molecule has 8 heteroatoms. The lowest BCUT2D eigenvalue weighted by atomic mass is 10.1. The number of halogens is 1. The van der Waals surface area contributed by atoms with Crippen LogP contribution in [-0.4, -0.2) is 23.9 Å². The third kappa shape index (κ3) is 6.35. The number of para-hydroxylation sites is 1. The molecule has 7 nitrogen and oxygen atoms in total. The van der Waals surface area contributed by atoms with Gasteiger partial charge in [0, 0.05) is 10.2 Å². The fraction of sp³-hybridized carbons (Fsp3) is 0.0435. The second-order valence-corrected chi connectivity index (χ2v) is 7.49. The minimum atomic E-state index is -0.958. The van der Waals surface area contributed by atoms with E-state index in [4.69, 9.17) is 0 Å². The van der Waals surface area contributed by atoms with Crippen molar-refractivity contribution in [2.75, 3.05) is 10.6 Å². The third-order valence-electron chi connectivity index (χ3n) is 4.16. The Morgan fingerprint density at radius 2 is 1.61 bits per heavy atom. The van der Waals surface area contributed by atoms with E-state index in [1.54, 1.807) is 48.5 Å². The maximum Gasteiger partial charge on any atom is 0.329 e. The smallest absolute Gasteiger partial charge is 0.322 e. The number of hydrazone groups is 1. The first-order chi connectivity index (χ1) is 14.9. The standard InChI is InChI=1S/C23H19BrN4O3/c1-15-9-11-18(12-10-15)26-21(29)19-7-2-3-8-20(19)27-22(30)23(31)28-25-14-16-5-4-6-17(24)13-16/h2-14H,1H3,(H,26,29)(H,27,30)(H,28,31)/b25-14-. The van der Waals surface area contributed by atoms with Crippen molar-refractivity contribution in [3.05, 3.63) is 94.0 Å². The molecule has 156 valence electrons. The average molecular weight is 479 g/mol. The molecule has 0 spiro atoms. The molecule has 0 heterocycles. The number of amides is 3. The van der Waals surface area contributed by atoms with Gasteiger partial charge in [-0.15, -0.1) is 0 Å². The number of nitrogens with zero attached hydrogens (tertiary/aromatic N) is 1. The summed E-state index contributed by atoms with van der Waals surface area (Å²) in [4.78, 5) is 36.9. The van der Waals surface area contributed by atoms with E-state index in [1.807, 2.05) is 31.2 Å². The van der Waals surface area contributed by atoms with Crippen LogP contribution in [0.5, 0.6) is 0 Å². The van der Waals surface area contributed by atoms with Gasteiger partial charge in [0.25, 0.3) is 5.91 Å². The van der Waals surface area contributed by atoms with Crippen LogP contribution in [0.15, 0.2) is 82.4 Å². The first-order valence-corrected chi connectivity index (χ1v) is 10.1. The van der Waals surface area contributed by atoms with Gasteiger partial charge in [0.05, 0.1) is 17.5 Å². The molecule has 3 N–H and O–H groups in total. The number of hydrogen-bond acceptors (Lipinski definition) is 4. The van der Waals surface area contributed by atoms with Gasteiger partial charge in [0.2, 0.25) is 0 Å². The van der Waals surface area contributed by atoms with Crippen molar-refractivity contribution in [1.29, 1.82) is 0 Å². The van der Waals surface area contributed by atoms with Gasteiger partial charge in [-0.1, -0.05) is 57.9 Å². The molecule has 0 aromatic heterocycles. The van der Waals surface area contributed by atoms with Crippen LogP contribution in [0.3, 0.4) is 0 Å². The Labute approximate surface area is 187 Å². The molecule has 0 aliphatic heterocycles. The Morgan fingerprint density at radius 3 is 2.35 bits per heavy atom. The molecule has 3 amide bonds. The first-order valence-electron chi connectivity index (χ1n) is 9.29. The molecule has 0 fully saturated rings. The van der Waals surface area contributed by atoms with Crippen LogP contribution in [-0.2, 0) is 9.59 Å². The molecule has 0 aliphatic carbocycles. The highest BCUT2D eigenvalue weighted by Crippen LogP contribution is 2.18. The average Bonchev–Trinajstić information content (AvgIpc) is 2.75. The van der Waals surface area contributed by atoms with E-state index < -0.39 is 17.7 Å². The Morgan fingerprint density at radius 1 is 0.871 bits per heavy atom. The van der Waals surface area contributed by atoms with E-state index in [9.17, 15) is 14.4 Å². The Kier molecular flexibility index (Phi) is 7.29. The van der Waals surface area contributed by atoms with Crippen LogP contribution in [0.2, 0.25) is 0 Å². The topological polar surface area (TPSA) is 99.7 Å². The maximum atomic E-state index is 12.6. The maximum absolute atomic E-state index is 12.6. The summed E-state index contributed by atoms with van der Waals surface area (Å²) in [5.41, 5.74) is 5.04. The highest BCUT2D eigenvalue weighted by atomic mass is 79.9. The summed E-state index contributed by atoms with van der Waals surface area (Å²) >= 11 is 3.34. The van der Waals surface area contributed by atoms with Gasteiger partial charge in [-0.2, -0.15) is 5.10 Å². The van der Waals surface area contributed by atoms with E-state index in [0.717, 1.165) is 15.6 Å². The number of carbonyl (C=O) groups is 3. The van der Waals surface area contributed by atoms with Gasteiger partial charge >= 0.3 is 11.8 Å². The molecule has 0 atom stereocenters. The van der Waals surface area contributed by atoms with E-state index in [0.29, 0.717) is 5.69 Å². The van der Waals surface area contributed by atoms with Gasteiger partial charge in [-0.25, -0.2) is 5.43 Å². The van der Waals surface area contributed by atoms with Crippen LogP contribution in [0.25, 0.3) is 0 Å². The number of carbonyl (C=O) groups excluding carboxylic acids is 3. The highest BCUT2D eigenvalue weighted by molar-refractivity contribution is 9.10. The number of anilines is 2. The van der Waals surface area contributed by atoms with Crippen molar-refractivity contribution in [1.82, 2.24) is 5.43 Å². The monoisotopic (exact) mass is 478 g/mol. The van der Waals surface area contributed by atoms with E-state index in [-0.39, 0.29) is 11.3 Å². The summed E-state index contributed by atoms with van der Waals surface area (Å²) in [7, 11) is 0. The van der Waals surface area contributed by atoms with Gasteiger partial charge in [-0.3, -0.25) is 14.4 Å². The number of benzene rings is 3. The third-order valence-corrected chi connectivity index (χ3v) is 4.66. The number of aryl methyl sites for hydroxylation is 1. The van der Waals surface area contributed by atoms with Crippen molar-refractivity contribution in [2.45, 2.75) is 6.92 Å². The van der Waals surface area contributed by atoms with Gasteiger partial charge in [-0.05, 0) is 48.9 Å². The lowest BCUT2D eigenvalue weighted by Crippen LogP contribution is -2.33. The lowest BCUT2D eigenvalue weighted by molar-refractivity contribution is -0.136. The van der Waals surface area contributed by atoms with Gasteiger partial charge < -0.3 is 10.6 Å². The molecule has 3 rings (SSSR count). The summed E-state index contributed by atoms with van der Waals surface area (Å²) in [5.74, 6) is -2.31. The van der Waals surface area contributed by atoms with Crippen molar-refractivity contribution >= 4 is 51.2 Å². The van der Waals surface area contributed by atoms with E-state index >= 15 is 0 Å². The summed E-state index contributed by atoms with van der Waals surface area (Å²) < 4.78 is 0.862. The molecule has 0 bridgehead atoms. The second kappa shape index (κ2) is 10.3. The van der Waals surface area contributed by atoms with Crippen LogP contribution >= 0.6 is 15.9 Å². The molecule has 0 aliphatic rings. The molecular formula is C23H19BrN4O3. The second-order valence-electron chi connectivity index (χ2n) is 6.57. The summed E-state index contributed by atoms with van der Waals surface area (Å²) in [6.45, 7) is 1.95. The normalized spacial score (nSPS) is 10.5. The van der Waals surface area contributed by atoms with Crippen molar-refractivity contribution < 1.29 is 14.4 Å².